The van der Waals surface area contributed by atoms with Crippen LogP contribution in [0.25, 0.3) is 10.9 Å². The SMILES string of the molecule is COc1ccc2cc(C3CC(=O)Oc4cc(C)oc(=O)c43)c(=O)n(C)c2c1. The predicted octanol–water partition coefficient (Wildman–Crippen LogP) is 2.25. The van der Waals surface area contributed by atoms with Crippen molar-refractivity contribution in [3.63, 3.8) is 0 Å². The molecule has 0 fully saturated rings. The van der Waals surface area contributed by atoms with E-state index in [2.05, 4.69) is 0 Å². The van der Waals surface area contributed by atoms with Crippen LogP contribution in [0.2, 0.25) is 0 Å². The van der Waals surface area contributed by atoms with E-state index in [9.17, 15) is 14.4 Å². The summed E-state index contributed by atoms with van der Waals surface area (Å²) in [5.74, 6) is -0.0850. The lowest BCUT2D eigenvalue weighted by Crippen LogP contribution is -2.31. The van der Waals surface area contributed by atoms with Gasteiger partial charge in [-0.3, -0.25) is 9.59 Å². The van der Waals surface area contributed by atoms with E-state index in [4.69, 9.17) is 13.9 Å². The second-order valence-corrected chi connectivity index (χ2v) is 6.54. The number of fused-ring (bicyclic) bond motifs is 2. The number of ether oxygens (including phenoxy) is 2. The summed E-state index contributed by atoms with van der Waals surface area (Å²) in [7, 11) is 3.20. The number of carbonyl (C=O) groups is 1. The lowest BCUT2D eigenvalue weighted by molar-refractivity contribution is -0.135. The highest BCUT2D eigenvalue weighted by Crippen LogP contribution is 2.36. The topological polar surface area (TPSA) is 87.7 Å². The minimum atomic E-state index is -0.719. The molecule has 3 heterocycles. The van der Waals surface area contributed by atoms with Crippen molar-refractivity contribution in [2.45, 2.75) is 19.3 Å². The van der Waals surface area contributed by atoms with Crippen LogP contribution in [-0.2, 0) is 11.8 Å². The normalized spacial score (nSPS) is 16.1. The summed E-state index contributed by atoms with van der Waals surface area (Å²) >= 11 is 0. The van der Waals surface area contributed by atoms with Gasteiger partial charge in [0.25, 0.3) is 5.56 Å². The molecule has 7 nitrogen and oxygen atoms in total. The molecule has 1 aliphatic rings. The number of aromatic nitrogens is 1. The third-order valence-electron chi connectivity index (χ3n) is 4.85. The molecule has 3 aromatic rings. The van der Waals surface area contributed by atoms with Gasteiger partial charge in [-0.05, 0) is 30.5 Å². The minimum Gasteiger partial charge on any atom is -0.497 e. The van der Waals surface area contributed by atoms with Crippen molar-refractivity contribution in [1.29, 1.82) is 0 Å². The van der Waals surface area contributed by atoms with Crippen molar-refractivity contribution in [3.8, 4) is 11.5 Å². The van der Waals surface area contributed by atoms with E-state index >= 15 is 0 Å². The summed E-state index contributed by atoms with van der Waals surface area (Å²) in [5.41, 5.74) is 0.354. The fraction of sp³-hybridized carbons (Fsp3) is 0.250. The summed E-state index contributed by atoms with van der Waals surface area (Å²) in [4.78, 5) is 37.5. The number of esters is 1. The van der Waals surface area contributed by atoms with E-state index in [1.165, 1.54) is 10.6 Å². The van der Waals surface area contributed by atoms with Gasteiger partial charge in [-0.15, -0.1) is 0 Å². The van der Waals surface area contributed by atoms with Gasteiger partial charge in [0.2, 0.25) is 0 Å². The van der Waals surface area contributed by atoms with Gasteiger partial charge in [-0.25, -0.2) is 4.79 Å². The maximum absolute atomic E-state index is 13.0. The third kappa shape index (κ3) is 2.71. The molecule has 1 aromatic carbocycles. The average molecular weight is 367 g/mol. The first kappa shape index (κ1) is 17.1. The van der Waals surface area contributed by atoms with Crippen LogP contribution in [0.3, 0.4) is 0 Å². The zero-order chi connectivity index (χ0) is 19.3. The Kier molecular flexibility index (Phi) is 3.87. The molecule has 1 unspecified atom stereocenters. The lowest BCUT2D eigenvalue weighted by Gasteiger charge is -2.23. The van der Waals surface area contributed by atoms with Crippen LogP contribution >= 0.6 is 0 Å². The van der Waals surface area contributed by atoms with Crippen LogP contribution in [0.1, 0.15) is 29.2 Å². The van der Waals surface area contributed by atoms with E-state index in [-0.39, 0.29) is 23.3 Å². The van der Waals surface area contributed by atoms with Gasteiger partial charge in [-0.2, -0.15) is 0 Å². The molecule has 0 aliphatic carbocycles. The molecule has 0 N–H and O–H groups in total. The zero-order valence-corrected chi connectivity index (χ0v) is 15.1. The number of pyridine rings is 1. The molecule has 0 spiro atoms. The molecular weight excluding hydrogens is 350 g/mol. The average Bonchev–Trinajstić information content (AvgIpc) is 2.63. The summed E-state index contributed by atoms with van der Waals surface area (Å²) in [6.07, 6.45) is -0.0995. The van der Waals surface area contributed by atoms with Crippen molar-refractivity contribution >= 4 is 16.9 Å². The van der Waals surface area contributed by atoms with E-state index in [1.54, 1.807) is 39.3 Å². The van der Waals surface area contributed by atoms with Crippen LogP contribution in [0.5, 0.6) is 11.5 Å². The summed E-state index contributed by atoms with van der Waals surface area (Å²) < 4.78 is 17.1. The molecule has 7 heteroatoms. The van der Waals surface area contributed by atoms with Gasteiger partial charge in [0.05, 0.1) is 24.6 Å². The zero-order valence-electron chi connectivity index (χ0n) is 15.1. The van der Waals surface area contributed by atoms with E-state index in [0.29, 0.717) is 22.6 Å². The quantitative estimate of drug-likeness (QED) is 0.646. The number of aryl methyl sites for hydroxylation is 2. The van der Waals surface area contributed by atoms with Gasteiger partial charge in [0.1, 0.15) is 17.3 Å². The number of benzene rings is 1. The monoisotopic (exact) mass is 367 g/mol. The van der Waals surface area contributed by atoms with Gasteiger partial charge >= 0.3 is 11.6 Å². The molecule has 0 amide bonds. The smallest absolute Gasteiger partial charge is 0.343 e. The molecule has 1 atom stereocenters. The number of hydrogen-bond acceptors (Lipinski definition) is 6. The van der Waals surface area contributed by atoms with Crippen LogP contribution in [0, 0.1) is 6.92 Å². The maximum atomic E-state index is 13.0. The van der Waals surface area contributed by atoms with Gasteiger partial charge in [-0.1, -0.05) is 0 Å². The third-order valence-corrected chi connectivity index (χ3v) is 4.85. The predicted molar refractivity (Wildman–Crippen MR) is 97.6 cm³/mol. The molecule has 4 rings (SSSR count). The lowest BCUT2D eigenvalue weighted by atomic mass is 9.87. The molecule has 138 valence electrons. The maximum Gasteiger partial charge on any atom is 0.343 e. The van der Waals surface area contributed by atoms with E-state index < -0.39 is 17.5 Å². The molecule has 0 bridgehead atoms. The molecular formula is C20H17NO6. The second kappa shape index (κ2) is 6.12. The van der Waals surface area contributed by atoms with Crippen LogP contribution in [0.15, 0.2) is 44.3 Å². The number of methoxy groups -OCH3 is 1. The number of hydrogen-bond donors (Lipinski definition) is 0. The molecule has 0 radical (unpaired) electrons. The van der Waals surface area contributed by atoms with Crippen molar-refractivity contribution in [2.24, 2.45) is 7.05 Å². The highest BCUT2D eigenvalue weighted by molar-refractivity contribution is 5.82. The molecule has 27 heavy (non-hydrogen) atoms. The van der Waals surface area contributed by atoms with E-state index in [1.807, 2.05) is 6.07 Å². The Balaban J connectivity index is 1.99. The Morgan fingerprint density at radius 1 is 1.15 bits per heavy atom. The Bertz CT molecular complexity index is 1200. The van der Waals surface area contributed by atoms with Crippen molar-refractivity contribution in [1.82, 2.24) is 4.57 Å². The molecule has 1 aliphatic heterocycles. The fourth-order valence-electron chi connectivity index (χ4n) is 3.54. The fourth-order valence-corrected chi connectivity index (χ4v) is 3.54. The highest BCUT2D eigenvalue weighted by Gasteiger charge is 2.34. The number of rotatable bonds is 2. The van der Waals surface area contributed by atoms with Gasteiger partial charge in [0, 0.05) is 30.7 Å². The Morgan fingerprint density at radius 3 is 2.67 bits per heavy atom. The van der Waals surface area contributed by atoms with Gasteiger partial charge in [0.15, 0.2) is 0 Å². The summed E-state index contributed by atoms with van der Waals surface area (Å²) in [5, 5.41) is 0.796. The van der Waals surface area contributed by atoms with E-state index in [0.717, 1.165) is 5.39 Å². The first-order chi connectivity index (χ1) is 12.9. The van der Waals surface area contributed by atoms with Crippen molar-refractivity contribution < 1.29 is 18.7 Å². The molecule has 0 saturated heterocycles. The summed E-state index contributed by atoms with van der Waals surface area (Å²) in [6, 6.07) is 8.59. The van der Waals surface area contributed by atoms with Gasteiger partial charge < -0.3 is 18.5 Å². The molecule has 2 aromatic heterocycles. The highest BCUT2D eigenvalue weighted by atomic mass is 16.5. The Morgan fingerprint density at radius 2 is 1.93 bits per heavy atom. The van der Waals surface area contributed by atoms with Crippen molar-refractivity contribution in [3.05, 3.63) is 68.0 Å². The first-order valence-corrected chi connectivity index (χ1v) is 8.42. The standard InChI is InChI=1S/C20H17NO6/c1-10-6-16-18(20(24)26-10)13(9-17(22)27-16)14-7-11-4-5-12(25-3)8-15(11)21(2)19(14)23/h4-8,13H,9H2,1-3H3. The summed E-state index contributed by atoms with van der Waals surface area (Å²) in [6.45, 7) is 1.60. The van der Waals surface area contributed by atoms with Crippen LogP contribution in [-0.4, -0.2) is 17.6 Å². The first-order valence-electron chi connectivity index (χ1n) is 8.42. The Hall–Kier alpha value is -3.35. The minimum absolute atomic E-state index is 0.0995. The number of nitrogens with zero attached hydrogens (tertiary/aromatic N) is 1. The van der Waals surface area contributed by atoms with Crippen molar-refractivity contribution in [2.75, 3.05) is 7.11 Å². The van der Waals surface area contributed by atoms with Crippen LogP contribution in [0.4, 0.5) is 0 Å². The molecule has 0 saturated carbocycles. The number of carbonyl (C=O) groups excluding carboxylic acids is 1. The Labute approximate surface area is 153 Å². The second-order valence-electron chi connectivity index (χ2n) is 6.54. The van der Waals surface area contributed by atoms with Crippen LogP contribution < -0.4 is 20.7 Å². The largest absolute Gasteiger partial charge is 0.497 e.